The zero-order chi connectivity index (χ0) is 13.9. The number of rotatable bonds is 6. The monoisotopic (exact) mass is 355 g/mol. The van der Waals surface area contributed by atoms with Crippen LogP contribution in [0.25, 0.3) is 0 Å². The van der Waals surface area contributed by atoms with Gasteiger partial charge in [0.2, 0.25) is 0 Å². The van der Waals surface area contributed by atoms with Crippen molar-refractivity contribution in [1.82, 2.24) is 5.32 Å². The van der Waals surface area contributed by atoms with Crippen LogP contribution in [-0.4, -0.2) is 12.6 Å². The van der Waals surface area contributed by atoms with Crippen LogP contribution in [0.3, 0.4) is 0 Å². The molecule has 0 radical (unpaired) electrons. The van der Waals surface area contributed by atoms with Gasteiger partial charge in [0.1, 0.15) is 0 Å². The van der Waals surface area contributed by atoms with Gasteiger partial charge in [0.25, 0.3) is 0 Å². The first-order valence-corrected chi connectivity index (χ1v) is 9.88. The van der Waals surface area contributed by atoms with E-state index in [0.717, 1.165) is 23.8 Å². The van der Waals surface area contributed by atoms with E-state index in [1.165, 1.54) is 56.0 Å². The molecule has 1 heterocycles. The van der Waals surface area contributed by atoms with E-state index in [9.17, 15) is 0 Å². The molecule has 1 aromatic rings. The van der Waals surface area contributed by atoms with E-state index in [1.807, 2.05) is 11.3 Å². The SMILES string of the molecule is CCC1CCC(CNC2CC2)C(Cc2cc(Br)cs2)C1. The van der Waals surface area contributed by atoms with Crippen molar-refractivity contribution in [2.24, 2.45) is 17.8 Å². The fourth-order valence-corrected chi connectivity index (χ4v) is 5.18. The molecule has 2 aliphatic carbocycles. The van der Waals surface area contributed by atoms with Gasteiger partial charge in [0.05, 0.1) is 0 Å². The van der Waals surface area contributed by atoms with Crippen LogP contribution in [0.4, 0.5) is 0 Å². The van der Waals surface area contributed by atoms with Crippen molar-refractivity contribution in [3.8, 4) is 0 Å². The Morgan fingerprint density at radius 2 is 2.10 bits per heavy atom. The zero-order valence-electron chi connectivity index (χ0n) is 12.4. The Morgan fingerprint density at radius 1 is 1.25 bits per heavy atom. The first-order valence-electron chi connectivity index (χ1n) is 8.21. The van der Waals surface area contributed by atoms with Crippen molar-refractivity contribution in [2.45, 2.75) is 57.9 Å². The molecular formula is C17H26BrNS. The largest absolute Gasteiger partial charge is 0.314 e. The van der Waals surface area contributed by atoms with E-state index in [4.69, 9.17) is 0 Å². The van der Waals surface area contributed by atoms with Crippen LogP contribution in [0, 0.1) is 17.8 Å². The van der Waals surface area contributed by atoms with Crippen LogP contribution in [0.5, 0.6) is 0 Å². The van der Waals surface area contributed by atoms with Gasteiger partial charge in [-0.3, -0.25) is 0 Å². The van der Waals surface area contributed by atoms with E-state index >= 15 is 0 Å². The summed E-state index contributed by atoms with van der Waals surface area (Å²) in [7, 11) is 0. The average Bonchev–Trinajstić information content (AvgIpc) is 3.20. The van der Waals surface area contributed by atoms with Gasteiger partial charge in [0, 0.05) is 20.8 Å². The van der Waals surface area contributed by atoms with Crippen molar-refractivity contribution in [3.05, 3.63) is 20.8 Å². The highest BCUT2D eigenvalue weighted by atomic mass is 79.9. The van der Waals surface area contributed by atoms with Crippen LogP contribution < -0.4 is 5.32 Å². The summed E-state index contributed by atoms with van der Waals surface area (Å²) in [4.78, 5) is 1.56. The van der Waals surface area contributed by atoms with Gasteiger partial charge in [-0.2, -0.15) is 0 Å². The van der Waals surface area contributed by atoms with Gasteiger partial charge in [-0.15, -0.1) is 11.3 Å². The summed E-state index contributed by atoms with van der Waals surface area (Å²) < 4.78 is 1.26. The molecule has 0 saturated heterocycles. The molecule has 0 spiro atoms. The third-order valence-electron chi connectivity index (χ3n) is 5.16. The molecule has 20 heavy (non-hydrogen) atoms. The van der Waals surface area contributed by atoms with Gasteiger partial charge in [0.15, 0.2) is 0 Å². The van der Waals surface area contributed by atoms with Gasteiger partial charge in [-0.25, -0.2) is 0 Å². The highest BCUT2D eigenvalue weighted by Gasteiger charge is 2.31. The zero-order valence-corrected chi connectivity index (χ0v) is 14.8. The Bertz CT molecular complexity index is 426. The van der Waals surface area contributed by atoms with E-state index in [0.29, 0.717) is 0 Å². The highest BCUT2D eigenvalue weighted by Crippen LogP contribution is 2.38. The fourth-order valence-electron chi connectivity index (χ4n) is 3.64. The minimum Gasteiger partial charge on any atom is -0.314 e. The quantitative estimate of drug-likeness (QED) is 0.734. The van der Waals surface area contributed by atoms with E-state index in [2.05, 4.69) is 39.6 Å². The molecule has 3 heteroatoms. The Labute approximate surface area is 135 Å². The molecule has 1 aromatic heterocycles. The molecule has 0 aliphatic heterocycles. The van der Waals surface area contributed by atoms with Crippen LogP contribution in [-0.2, 0) is 6.42 Å². The summed E-state index contributed by atoms with van der Waals surface area (Å²) in [5.74, 6) is 2.77. The molecular weight excluding hydrogens is 330 g/mol. The molecule has 2 aliphatic rings. The molecule has 0 aromatic carbocycles. The summed E-state index contributed by atoms with van der Waals surface area (Å²) in [5, 5.41) is 6.00. The molecule has 112 valence electrons. The Balaban J connectivity index is 1.60. The number of hydrogen-bond donors (Lipinski definition) is 1. The fraction of sp³-hybridized carbons (Fsp3) is 0.765. The third-order valence-corrected chi connectivity index (χ3v) is 6.88. The molecule has 1 N–H and O–H groups in total. The predicted octanol–water partition coefficient (Wildman–Crippen LogP) is 5.25. The molecule has 3 unspecified atom stereocenters. The van der Waals surface area contributed by atoms with Crippen molar-refractivity contribution in [2.75, 3.05) is 6.54 Å². The molecule has 2 saturated carbocycles. The molecule has 2 fully saturated rings. The van der Waals surface area contributed by atoms with Crippen molar-refractivity contribution < 1.29 is 0 Å². The van der Waals surface area contributed by atoms with E-state index in [1.54, 1.807) is 4.88 Å². The summed E-state index contributed by atoms with van der Waals surface area (Å²) in [6.45, 7) is 3.63. The third kappa shape index (κ3) is 4.08. The summed E-state index contributed by atoms with van der Waals surface area (Å²) in [5.41, 5.74) is 0. The predicted molar refractivity (Wildman–Crippen MR) is 91.4 cm³/mol. The van der Waals surface area contributed by atoms with E-state index < -0.39 is 0 Å². The van der Waals surface area contributed by atoms with Crippen molar-refractivity contribution >= 4 is 27.3 Å². The lowest BCUT2D eigenvalue weighted by Gasteiger charge is -2.36. The second kappa shape index (κ2) is 6.93. The number of hydrogen-bond acceptors (Lipinski definition) is 2. The van der Waals surface area contributed by atoms with Gasteiger partial charge in [-0.05, 0) is 78.4 Å². The smallest absolute Gasteiger partial charge is 0.0285 e. The van der Waals surface area contributed by atoms with Crippen molar-refractivity contribution in [3.63, 3.8) is 0 Å². The normalized spacial score (nSPS) is 30.6. The van der Waals surface area contributed by atoms with E-state index in [-0.39, 0.29) is 0 Å². The van der Waals surface area contributed by atoms with Crippen LogP contribution >= 0.6 is 27.3 Å². The molecule has 3 atom stereocenters. The second-order valence-corrected chi connectivity index (χ2v) is 8.64. The first-order chi connectivity index (χ1) is 9.74. The number of nitrogens with one attached hydrogen (secondary N) is 1. The highest BCUT2D eigenvalue weighted by molar-refractivity contribution is 9.10. The maximum atomic E-state index is 3.77. The lowest BCUT2D eigenvalue weighted by molar-refractivity contribution is 0.171. The summed E-state index contributed by atoms with van der Waals surface area (Å²) in [6, 6.07) is 3.18. The summed E-state index contributed by atoms with van der Waals surface area (Å²) in [6.07, 6.45) is 9.83. The number of thiophene rings is 1. The lowest BCUT2D eigenvalue weighted by atomic mass is 9.71. The number of halogens is 1. The second-order valence-electron chi connectivity index (χ2n) is 6.73. The molecule has 0 bridgehead atoms. The van der Waals surface area contributed by atoms with Gasteiger partial charge >= 0.3 is 0 Å². The average molecular weight is 356 g/mol. The Kier molecular flexibility index (Phi) is 5.22. The molecule has 3 rings (SSSR count). The van der Waals surface area contributed by atoms with Crippen LogP contribution in [0.2, 0.25) is 0 Å². The van der Waals surface area contributed by atoms with Gasteiger partial charge < -0.3 is 5.32 Å². The summed E-state index contributed by atoms with van der Waals surface area (Å²) >= 11 is 5.52. The molecule has 1 nitrogen and oxygen atoms in total. The Morgan fingerprint density at radius 3 is 2.75 bits per heavy atom. The minimum absolute atomic E-state index is 0.857. The van der Waals surface area contributed by atoms with Crippen LogP contribution in [0.1, 0.15) is 50.3 Å². The maximum absolute atomic E-state index is 3.77. The first kappa shape index (κ1) is 15.1. The van der Waals surface area contributed by atoms with Crippen LogP contribution in [0.15, 0.2) is 15.9 Å². The minimum atomic E-state index is 0.857. The van der Waals surface area contributed by atoms with Crippen molar-refractivity contribution in [1.29, 1.82) is 0 Å². The Hall–Kier alpha value is 0.140. The molecule has 0 amide bonds. The van der Waals surface area contributed by atoms with Gasteiger partial charge in [-0.1, -0.05) is 19.8 Å². The topological polar surface area (TPSA) is 12.0 Å². The maximum Gasteiger partial charge on any atom is 0.0285 e. The standard InChI is InChI=1S/C17H26BrNS/c1-2-12-3-4-13(10-19-16-5-6-16)14(7-12)8-17-9-15(18)11-20-17/h9,11-14,16,19H,2-8,10H2,1H3. The lowest BCUT2D eigenvalue weighted by Crippen LogP contribution is -2.34.